The van der Waals surface area contributed by atoms with Crippen LogP contribution in [0.1, 0.15) is 11.4 Å². The van der Waals surface area contributed by atoms with Crippen LogP contribution in [0.15, 0.2) is 65.9 Å². The average molecular weight is 365 g/mol. The molecule has 0 amide bonds. The lowest BCUT2D eigenvalue weighted by atomic mass is 10.2. The number of imidazole rings is 1. The van der Waals surface area contributed by atoms with Gasteiger partial charge >= 0.3 is 0 Å². The highest BCUT2D eigenvalue weighted by Crippen LogP contribution is 2.28. The summed E-state index contributed by atoms with van der Waals surface area (Å²) < 4.78 is 12.6. The second-order valence-electron chi connectivity index (χ2n) is 5.85. The number of nitrogens with zero attached hydrogens (tertiary/aromatic N) is 3. The van der Waals surface area contributed by atoms with Gasteiger partial charge in [0.1, 0.15) is 23.9 Å². The first-order chi connectivity index (χ1) is 13.2. The maximum atomic E-state index is 6.05. The molecule has 1 aromatic heterocycles. The second kappa shape index (κ2) is 8.75. The standard InChI is InChI=1S/C20H23N5O2/c1-26-16-8-9-18(27-2)17(12-16)24-20(21)23-13-19-22-10-11-25(19)14-15-6-4-3-5-7-15/h3-12H,13-14H2,1-2H3,(H3,21,23,24). The summed E-state index contributed by atoms with van der Waals surface area (Å²) >= 11 is 0. The number of benzene rings is 2. The quantitative estimate of drug-likeness (QED) is 0.497. The van der Waals surface area contributed by atoms with Crippen LogP contribution in [0.25, 0.3) is 0 Å². The number of rotatable bonds is 7. The van der Waals surface area contributed by atoms with Crippen LogP contribution in [-0.4, -0.2) is 29.7 Å². The smallest absolute Gasteiger partial charge is 0.193 e. The van der Waals surface area contributed by atoms with E-state index in [2.05, 4.69) is 32.0 Å². The Morgan fingerprint density at radius 2 is 1.96 bits per heavy atom. The maximum absolute atomic E-state index is 6.05. The molecule has 0 atom stereocenters. The van der Waals surface area contributed by atoms with Crippen molar-refractivity contribution < 1.29 is 9.47 Å². The van der Waals surface area contributed by atoms with Crippen molar-refractivity contribution in [2.75, 3.05) is 19.5 Å². The number of nitrogens with two attached hydrogens (primary N) is 1. The Morgan fingerprint density at radius 3 is 2.70 bits per heavy atom. The number of hydrogen-bond donors (Lipinski definition) is 2. The zero-order valence-electron chi connectivity index (χ0n) is 15.4. The van der Waals surface area contributed by atoms with Gasteiger partial charge in [0.15, 0.2) is 5.96 Å². The summed E-state index contributed by atoms with van der Waals surface area (Å²) in [6.45, 7) is 1.10. The second-order valence-corrected chi connectivity index (χ2v) is 5.85. The van der Waals surface area contributed by atoms with E-state index in [1.807, 2.05) is 30.5 Å². The molecule has 0 saturated carbocycles. The molecule has 7 nitrogen and oxygen atoms in total. The van der Waals surface area contributed by atoms with Crippen LogP contribution in [-0.2, 0) is 13.1 Å². The van der Waals surface area contributed by atoms with Gasteiger partial charge in [0.05, 0.1) is 19.9 Å². The van der Waals surface area contributed by atoms with Gasteiger partial charge in [-0.15, -0.1) is 0 Å². The third-order valence-electron chi connectivity index (χ3n) is 4.06. The number of aliphatic imine (C=N–C) groups is 1. The molecule has 0 aliphatic rings. The lowest BCUT2D eigenvalue weighted by molar-refractivity contribution is 0.405. The Morgan fingerprint density at radius 1 is 1.15 bits per heavy atom. The molecule has 1 heterocycles. The van der Waals surface area contributed by atoms with Crippen LogP contribution < -0.4 is 20.5 Å². The molecule has 27 heavy (non-hydrogen) atoms. The molecule has 0 fully saturated rings. The minimum atomic E-state index is 0.274. The molecule has 3 aromatic rings. The van der Waals surface area contributed by atoms with Gasteiger partial charge in [0, 0.05) is 25.0 Å². The highest BCUT2D eigenvalue weighted by atomic mass is 16.5. The molecule has 0 spiro atoms. The molecule has 140 valence electrons. The SMILES string of the molecule is COc1ccc(OC)c(NC(N)=NCc2nccn2Cc2ccccc2)c1. The molecule has 2 aromatic carbocycles. The van der Waals surface area contributed by atoms with Crippen molar-refractivity contribution in [2.24, 2.45) is 10.7 Å². The summed E-state index contributed by atoms with van der Waals surface area (Å²) in [5.41, 5.74) is 7.93. The van der Waals surface area contributed by atoms with Crippen molar-refractivity contribution in [3.63, 3.8) is 0 Å². The summed E-state index contributed by atoms with van der Waals surface area (Å²) in [6.07, 6.45) is 3.70. The Balaban J connectivity index is 1.69. The van der Waals surface area contributed by atoms with Crippen molar-refractivity contribution in [2.45, 2.75) is 13.1 Å². The van der Waals surface area contributed by atoms with E-state index in [1.54, 1.807) is 32.5 Å². The molecular formula is C20H23N5O2. The first-order valence-electron chi connectivity index (χ1n) is 8.52. The van der Waals surface area contributed by atoms with Crippen LogP contribution in [0.4, 0.5) is 5.69 Å². The van der Waals surface area contributed by atoms with Gasteiger partial charge in [-0.3, -0.25) is 0 Å². The Bertz CT molecular complexity index is 906. The number of ether oxygens (including phenoxy) is 2. The molecule has 3 rings (SSSR count). The summed E-state index contributed by atoms with van der Waals surface area (Å²) in [6, 6.07) is 15.6. The molecular weight excluding hydrogens is 342 g/mol. The molecule has 3 N–H and O–H groups in total. The summed E-state index contributed by atoms with van der Waals surface area (Å²) in [5, 5.41) is 3.05. The number of aromatic nitrogens is 2. The van der Waals surface area contributed by atoms with Crippen LogP contribution >= 0.6 is 0 Å². The van der Waals surface area contributed by atoms with E-state index in [-0.39, 0.29) is 5.96 Å². The van der Waals surface area contributed by atoms with E-state index in [9.17, 15) is 0 Å². The lowest BCUT2D eigenvalue weighted by Gasteiger charge is -2.12. The van der Waals surface area contributed by atoms with E-state index >= 15 is 0 Å². The fourth-order valence-corrected chi connectivity index (χ4v) is 2.66. The molecule has 0 bridgehead atoms. The van der Waals surface area contributed by atoms with E-state index in [0.29, 0.717) is 23.7 Å². The topological polar surface area (TPSA) is 86.7 Å². The molecule has 7 heteroatoms. The van der Waals surface area contributed by atoms with E-state index < -0.39 is 0 Å². The third kappa shape index (κ3) is 4.78. The van der Waals surface area contributed by atoms with E-state index in [4.69, 9.17) is 15.2 Å². The molecule has 0 radical (unpaired) electrons. The van der Waals surface area contributed by atoms with Gasteiger partial charge in [-0.2, -0.15) is 0 Å². The minimum absolute atomic E-state index is 0.274. The summed E-state index contributed by atoms with van der Waals surface area (Å²) in [4.78, 5) is 8.78. The predicted octanol–water partition coefficient (Wildman–Crippen LogP) is 2.88. The van der Waals surface area contributed by atoms with Crippen LogP contribution in [0.5, 0.6) is 11.5 Å². The van der Waals surface area contributed by atoms with Crippen LogP contribution in [0, 0.1) is 0 Å². The number of methoxy groups -OCH3 is 2. The lowest BCUT2D eigenvalue weighted by Crippen LogP contribution is -2.23. The van der Waals surface area contributed by atoms with Gasteiger partial charge in [0.25, 0.3) is 0 Å². The van der Waals surface area contributed by atoms with Crippen LogP contribution in [0.3, 0.4) is 0 Å². The monoisotopic (exact) mass is 365 g/mol. The van der Waals surface area contributed by atoms with Crippen molar-refractivity contribution in [3.05, 3.63) is 72.3 Å². The van der Waals surface area contributed by atoms with Gasteiger partial charge in [0.2, 0.25) is 0 Å². The highest BCUT2D eigenvalue weighted by molar-refractivity contribution is 5.93. The maximum Gasteiger partial charge on any atom is 0.193 e. The molecule has 0 unspecified atom stereocenters. The summed E-state index contributed by atoms with van der Waals surface area (Å²) in [7, 11) is 3.20. The Labute approximate surface area is 158 Å². The third-order valence-corrected chi connectivity index (χ3v) is 4.06. The van der Waals surface area contributed by atoms with Gasteiger partial charge in [-0.25, -0.2) is 9.98 Å². The van der Waals surface area contributed by atoms with Gasteiger partial charge < -0.3 is 25.1 Å². The number of anilines is 1. The van der Waals surface area contributed by atoms with E-state index in [0.717, 1.165) is 12.4 Å². The number of hydrogen-bond acceptors (Lipinski definition) is 4. The Kier molecular flexibility index (Phi) is 5.94. The first kappa shape index (κ1) is 18.3. The fraction of sp³-hybridized carbons (Fsp3) is 0.200. The van der Waals surface area contributed by atoms with Gasteiger partial charge in [-0.05, 0) is 17.7 Å². The van der Waals surface area contributed by atoms with Crippen LogP contribution in [0.2, 0.25) is 0 Å². The normalized spacial score (nSPS) is 11.3. The van der Waals surface area contributed by atoms with Crippen molar-refractivity contribution in [1.29, 1.82) is 0 Å². The number of guanidine groups is 1. The zero-order valence-corrected chi connectivity index (χ0v) is 15.4. The van der Waals surface area contributed by atoms with Crippen molar-refractivity contribution in [3.8, 4) is 11.5 Å². The van der Waals surface area contributed by atoms with E-state index in [1.165, 1.54) is 5.56 Å². The summed E-state index contributed by atoms with van der Waals surface area (Å²) in [5.74, 6) is 2.46. The Hall–Kier alpha value is -3.48. The minimum Gasteiger partial charge on any atom is -0.497 e. The average Bonchev–Trinajstić information content (AvgIpc) is 3.14. The predicted molar refractivity (Wildman–Crippen MR) is 106 cm³/mol. The first-order valence-corrected chi connectivity index (χ1v) is 8.52. The fourth-order valence-electron chi connectivity index (χ4n) is 2.66. The van der Waals surface area contributed by atoms with Crippen molar-refractivity contribution >= 4 is 11.6 Å². The largest absolute Gasteiger partial charge is 0.497 e. The van der Waals surface area contributed by atoms with Gasteiger partial charge in [-0.1, -0.05) is 30.3 Å². The molecule has 0 saturated heterocycles. The number of nitrogens with one attached hydrogen (secondary N) is 1. The van der Waals surface area contributed by atoms with Crippen molar-refractivity contribution in [1.82, 2.24) is 9.55 Å². The molecule has 0 aliphatic carbocycles. The highest BCUT2D eigenvalue weighted by Gasteiger charge is 2.07. The molecule has 0 aliphatic heterocycles. The zero-order chi connectivity index (χ0) is 19.1.